The van der Waals surface area contributed by atoms with E-state index in [1.807, 2.05) is 0 Å². The number of hydrogen-bond acceptors (Lipinski definition) is 3. The first-order valence-electron chi connectivity index (χ1n) is 7.24. The SMILES string of the molecule is Cc1cccc(N2CCN(CCCN=C(N)N)CC2)c1. The molecule has 1 heterocycles. The molecule has 1 fully saturated rings. The fourth-order valence-electron chi connectivity index (χ4n) is 2.56. The number of aliphatic imine (C=N–C) groups is 1. The minimum atomic E-state index is 0.189. The van der Waals surface area contributed by atoms with Crippen molar-refractivity contribution in [1.29, 1.82) is 0 Å². The maximum absolute atomic E-state index is 5.31. The summed E-state index contributed by atoms with van der Waals surface area (Å²) < 4.78 is 0. The molecular weight excluding hydrogens is 250 g/mol. The fraction of sp³-hybridized carbons (Fsp3) is 0.533. The van der Waals surface area contributed by atoms with Gasteiger partial charge in [-0.3, -0.25) is 9.89 Å². The summed E-state index contributed by atoms with van der Waals surface area (Å²) in [6.45, 7) is 8.32. The minimum Gasteiger partial charge on any atom is -0.370 e. The standard InChI is InChI=1S/C15H25N5/c1-13-4-2-5-14(12-13)20-10-8-19(9-11-20)7-3-6-18-15(16)17/h2,4-5,12H,3,6-11H2,1H3,(H4,16,17,18). The summed E-state index contributed by atoms with van der Waals surface area (Å²) in [5.74, 6) is 0.189. The maximum atomic E-state index is 5.31. The van der Waals surface area contributed by atoms with Crippen molar-refractivity contribution in [3.63, 3.8) is 0 Å². The average molecular weight is 275 g/mol. The van der Waals surface area contributed by atoms with Gasteiger partial charge in [0.05, 0.1) is 0 Å². The van der Waals surface area contributed by atoms with Gasteiger partial charge >= 0.3 is 0 Å². The van der Waals surface area contributed by atoms with Gasteiger partial charge < -0.3 is 16.4 Å². The van der Waals surface area contributed by atoms with E-state index >= 15 is 0 Å². The van der Waals surface area contributed by atoms with Crippen LogP contribution in [0.5, 0.6) is 0 Å². The second-order valence-electron chi connectivity index (χ2n) is 5.33. The molecule has 0 aromatic heterocycles. The van der Waals surface area contributed by atoms with Gasteiger partial charge in [-0.1, -0.05) is 12.1 Å². The molecule has 4 N–H and O–H groups in total. The first kappa shape index (κ1) is 14.7. The van der Waals surface area contributed by atoms with Gasteiger partial charge in [-0.05, 0) is 31.0 Å². The lowest BCUT2D eigenvalue weighted by Crippen LogP contribution is -2.46. The van der Waals surface area contributed by atoms with Gasteiger partial charge in [-0.2, -0.15) is 0 Å². The predicted octanol–water partition coefficient (Wildman–Crippen LogP) is 0.781. The molecule has 2 rings (SSSR count). The lowest BCUT2D eigenvalue weighted by atomic mass is 10.2. The maximum Gasteiger partial charge on any atom is 0.185 e. The van der Waals surface area contributed by atoms with Gasteiger partial charge in [-0.15, -0.1) is 0 Å². The van der Waals surface area contributed by atoms with Crippen LogP contribution in [0.25, 0.3) is 0 Å². The van der Waals surface area contributed by atoms with Crippen LogP contribution >= 0.6 is 0 Å². The summed E-state index contributed by atoms with van der Waals surface area (Å²) in [5.41, 5.74) is 13.3. The summed E-state index contributed by atoms with van der Waals surface area (Å²) in [5, 5.41) is 0. The van der Waals surface area contributed by atoms with Crippen LogP contribution in [0.1, 0.15) is 12.0 Å². The van der Waals surface area contributed by atoms with Crippen LogP contribution in [-0.2, 0) is 0 Å². The molecule has 0 unspecified atom stereocenters. The number of guanidine groups is 1. The van der Waals surface area contributed by atoms with Crippen molar-refractivity contribution in [2.24, 2.45) is 16.5 Å². The zero-order valence-electron chi connectivity index (χ0n) is 12.3. The number of anilines is 1. The van der Waals surface area contributed by atoms with Gasteiger partial charge in [0.2, 0.25) is 0 Å². The highest BCUT2D eigenvalue weighted by molar-refractivity contribution is 5.75. The van der Waals surface area contributed by atoms with Gasteiger partial charge in [0.1, 0.15) is 0 Å². The number of nitrogens with zero attached hydrogens (tertiary/aromatic N) is 3. The molecule has 20 heavy (non-hydrogen) atoms. The normalized spacial score (nSPS) is 16.1. The van der Waals surface area contributed by atoms with Gasteiger partial charge in [0.25, 0.3) is 0 Å². The smallest absolute Gasteiger partial charge is 0.185 e. The van der Waals surface area contributed by atoms with E-state index in [1.54, 1.807) is 0 Å². The lowest BCUT2D eigenvalue weighted by Gasteiger charge is -2.36. The summed E-state index contributed by atoms with van der Waals surface area (Å²) in [4.78, 5) is 8.95. The molecule has 1 aliphatic rings. The highest BCUT2D eigenvalue weighted by atomic mass is 15.3. The Morgan fingerprint density at radius 2 is 1.95 bits per heavy atom. The van der Waals surface area contributed by atoms with Gasteiger partial charge in [0, 0.05) is 45.0 Å². The van der Waals surface area contributed by atoms with E-state index < -0.39 is 0 Å². The van der Waals surface area contributed by atoms with Crippen molar-refractivity contribution in [2.45, 2.75) is 13.3 Å². The quantitative estimate of drug-likeness (QED) is 0.473. The van der Waals surface area contributed by atoms with E-state index in [-0.39, 0.29) is 5.96 Å². The molecule has 0 radical (unpaired) electrons. The Labute approximate surface area is 121 Å². The number of hydrogen-bond donors (Lipinski definition) is 2. The third-order valence-electron chi connectivity index (χ3n) is 3.67. The molecular formula is C15H25N5. The van der Waals surface area contributed by atoms with Crippen LogP contribution in [0.15, 0.2) is 29.3 Å². The molecule has 0 spiro atoms. The Hall–Kier alpha value is -1.75. The Bertz CT molecular complexity index is 445. The average Bonchev–Trinajstić information content (AvgIpc) is 2.44. The highest BCUT2D eigenvalue weighted by Crippen LogP contribution is 2.17. The molecule has 1 aromatic carbocycles. The zero-order chi connectivity index (χ0) is 14.4. The first-order chi connectivity index (χ1) is 9.65. The molecule has 5 heteroatoms. The summed E-state index contributed by atoms with van der Waals surface area (Å²) >= 11 is 0. The molecule has 1 aromatic rings. The number of nitrogens with two attached hydrogens (primary N) is 2. The summed E-state index contributed by atoms with van der Waals surface area (Å²) in [6.07, 6.45) is 1.02. The molecule has 1 aliphatic heterocycles. The number of piperazine rings is 1. The molecule has 5 nitrogen and oxygen atoms in total. The zero-order valence-corrected chi connectivity index (χ0v) is 12.3. The first-order valence-corrected chi connectivity index (χ1v) is 7.24. The topological polar surface area (TPSA) is 70.9 Å². The van der Waals surface area contributed by atoms with Gasteiger partial charge in [0.15, 0.2) is 5.96 Å². The van der Waals surface area contributed by atoms with Crippen molar-refractivity contribution in [3.05, 3.63) is 29.8 Å². The largest absolute Gasteiger partial charge is 0.370 e. The molecule has 0 aliphatic carbocycles. The lowest BCUT2D eigenvalue weighted by molar-refractivity contribution is 0.256. The van der Waals surface area contributed by atoms with Crippen molar-refractivity contribution in [2.75, 3.05) is 44.2 Å². The van der Waals surface area contributed by atoms with E-state index in [0.717, 1.165) is 45.7 Å². The molecule has 1 saturated heterocycles. The molecule has 0 amide bonds. The molecule has 0 bridgehead atoms. The summed E-state index contributed by atoms with van der Waals surface area (Å²) in [7, 11) is 0. The summed E-state index contributed by atoms with van der Waals surface area (Å²) in [6, 6.07) is 8.73. The fourth-order valence-corrected chi connectivity index (χ4v) is 2.56. The van der Waals surface area contributed by atoms with E-state index in [2.05, 4.69) is 46.0 Å². The Balaban J connectivity index is 1.74. The van der Waals surface area contributed by atoms with Crippen molar-refractivity contribution < 1.29 is 0 Å². The third kappa shape index (κ3) is 4.42. The Morgan fingerprint density at radius 3 is 2.60 bits per heavy atom. The molecule has 0 atom stereocenters. The van der Waals surface area contributed by atoms with E-state index in [1.165, 1.54) is 11.3 Å². The van der Waals surface area contributed by atoms with Crippen molar-refractivity contribution >= 4 is 11.6 Å². The van der Waals surface area contributed by atoms with Gasteiger partial charge in [-0.25, -0.2) is 0 Å². The van der Waals surface area contributed by atoms with Crippen LogP contribution in [0.2, 0.25) is 0 Å². The van der Waals surface area contributed by atoms with Crippen LogP contribution in [0.4, 0.5) is 5.69 Å². The second-order valence-corrected chi connectivity index (χ2v) is 5.33. The highest BCUT2D eigenvalue weighted by Gasteiger charge is 2.16. The number of aryl methyl sites for hydroxylation is 1. The van der Waals surface area contributed by atoms with Crippen LogP contribution < -0.4 is 16.4 Å². The Morgan fingerprint density at radius 1 is 1.20 bits per heavy atom. The third-order valence-corrected chi connectivity index (χ3v) is 3.67. The van der Waals surface area contributed by atoms with E-state index in [4.69, 9.17) is 11.5 Å². The molecule has 0 saturated carbocycles. The predicted molar refractivity (Wildman–Crippen MR) is 85.1 cm³/mol. The van der Waals surface area contributed by atoms with Crippen LogP contribution in [-0.4, -0.2) is 50.1 Å². The van der Waals surface area contributed by atoms with Crippen LogP contribution in [0, 0.1) is 6.92 Å². The number of rotatable bonds is 5. The van der Waals surface area contributed by atoms with E-state index in [9.17, 15) is 0 Å². The van der Waals surface area contributed by atoms with Crippen LogP contribution in [0.3, 0.4) is 0 Å². The van der Waals surface area contributed by atoms with Crippen molar-refractivity contribution in [1.82, 2.24) is 4.90 Å². The number of benzene rings is 1. The minimum absolute atomic E-state index is 0.189. The monoisotopic (exact) mass is 275 g/mol. The Kier molecular flexibility index (Phi) is 5.24. The molecule has 110 valence electrons. The van der Waals surface area contributed by atoms with Crippen molar-refractivity contribution in [3.8, 4) is 0 Å². The second kappa shape index (κ2) is 7.14. The van der Waals surface area contributed by atoms with E-state index in [0.29, 0.717) is 0 Å².